The summed E-state index contributed by atoms with van der Waals surface area (Å²) in [5, 5.41) is 5.41. The molecule has 2 rings (SSSR count). The number of rotatable bonds is 23. The lowest BCUT2D eigenvalue weighted by Gasteiger charge is -2.08. The Kier molecular flexibility index (Phi) is 17.8. The summed E-state index contributed by atoms with van der Waals surface area (Å²) in [7, 11) is -8.53. The third-order valence-corrected chi connectivity index (χ3v) is 9.47. The highest BCUT2D eigenvalue weighted by molar-refractivity contribution is 7.60. The second kappa shape index (κ2) is 20.7. The average Bonchev–Trinajstić information content (AvgIpc) is 2.96. The summed E-state index contributed by atoms with van der Waals surface area (Å²) in [6, 6.07) is 11.4. The largest absolute Gasteiger partial charge is 0.356 e. The van der Waals surface area contributed by atoms with E-state index >= 15 is 0 Å². The number of hydrogen-bond acceptors (Lipinski definition) is 4. The predicted molar refractivity (Wildman–Crippen MR) is 177 cm³/mol. The monoisotopic (exact) mass is 652 g/mol. The molecule has 6 N–H and O–H groups in total. The molecule has 2 amide bonds. The summed E-state index contributed by atoms with van der Waals surface area (Å²) >= 11 is 0. The molecule has 0 spiro atoms. The van der Waals surface area contributed by atoms with Crippen LogP contribution in [0.15, 0.2) is 48.5 Å². The van der Waals surface area contributed by atoms with Crippen molar-refractivity contribution in [3.05, 3.63) is 48.5 Å². The summed E-state index contributed by atoms with van der Waals surface area (Å²) in [5.41, 5.74) is 1.08. The zero-order valence-electron chi connectivity index (χ0n) is 25.7. The molecule has 44 heavy (non-hydrogen) atoms. The molecule has 0 aliphatic heterocycles. The van der Waals surface area contributed by atoms with Crippen molar-refractivity contribution < 1.29 is 38.3 Å². The molecule has 0 saturated heterocycles. The second-order valence-electron chi connectivity index (χ2n) is 11.4. The third-order valence-electron chi connectivity index (χ3n) is 7.53. The number of carbonyl (C=O) groups is 2. The lowest BCUT2D eigenvalue weighted by Crippen LogP contribution is -2.12. The molecule has 0 radical (unpaired) electrons. The molecule has 0 atom stereocenters. The van der Waals surface area contributed by atoms with Gasteiger partial charge in [-0.25, -0.2) is 0 Å². The van der Waals surface area contributed by atoms with E-state index in [0.717, 1.165) is 38.5 Å². The zero-order valence-corrected chi connectivity index (χ0v) is 27.5. The van der Waals surface area contributed by atoms with Crippen LogP contribution in [0.25, 0.3) is 0 Å². The highest BCUT2D eigenvalue weighted by Crippen LogP contribution is 2.34. The van der Waals surface area contributed by atoms with Crippen LogP contribution < -0.4 is 21.2 Å². The fourth-order valence-corrected chi connectivity index (χ4v) is 6.05. The molecule has 10 nitrogen and oxygen atoms in total. The Morgan fingerprint density at radius 2 is 0.659 bits per heavy atom. The van der Waals surface area contributed by atoms with Crippen molar-refractivity contribution in [3.63, 3.8) is 0 Å². The molecule has 0 saturated carbocycles. The third kappa shape index (κ3) is 17.2. The van der Waals surface area contributed by atoms with Crippen LogP contribution in [0.3, 0.4) is 0 Å². The summed E-state index contributed by atoms with van der Waals surface area (Å²) < 4.78 is 22.4. The number of anilines is 2. The van der Waals surface area contributed by atoms with E-state index in [1.54, 1.807) is 0 Å². The SMILES string of the molecule is O=C(CCCCCCCCCCCCCCCCCCC(=O)Nc1ccc(P(=O)(O)O)cc1)Nc1ccc(P(=O)(O)O)cc1. The lowest BCUT2D eigenvalue weighted by molar-refractivity contribution is -0.117. The fourth-order valence-electron chi connectivity index (χ4n) is 4.97. The van der Waals surface area contributed by atoms with E-state index in [2.05, 4.69) is 10.6 Å². The Morgan fingerprint density at radius 1 is 0.432 bits per heavy atom. The van der Waals surface area contributed by atoms with Crippen LogP contribution in [0.1, 0.15) is 116 Å². The van der Waals surface area contributed by atoms with Gasteiger partial charge >= 0.3 is 15.2 Å². The van der Waals surface area contributed by atoms with Gasteiger partial charge in [0.2, 0.25) is 11.8 Å². The lowest BCUT2D eigenvalue weighted by atomic mass is 10.0. The molecule has 0 aromatic heterocycles. The molecule has 246 valence electrons. The van der Waals surface area contributed by atoms with Crippen molar-refractivity contribution in [1.29, 1.82) is 0 Å². The van der Waals surface area contributed by atoms with Gasteiger partial charge in [-0.05, 0) is 61.4 Å². The summed E-state index contributed by atoms with van der Waals surface area (Å²) in [6.45, 7) is 0. The quantitative estimate of drug-likeness (QED) is 0.0556. The minimum atomic E-state index is -4.27. The number of hydrogen-bond donors (Lipinski definition) is 6. The molecular weight excluding hydrogens is 602 g/mol. The maximum Gasteiger partial charge on any atom is 0.356 e. The van der Waals surface area contributed by atoms with Gasteiger partial charge in [0.15, 0.2) is 0 Å². The van der Waals surface area contributed by atoms with Crippen molar-refractivity contribution >= 4 is 49.0 Å². The van der Waals surface area contributed by atoms with Crippen LogP contribution in [0.5, 0.6) is 0 Å². The molecule has 0 aliphatic carbocycles. The van der Waals surface area contributed by atoms with Gasteiger partial charge in [0.25, 0.3) is 0 Å². The van der Waals surface area contributed by atoms with E-state index < -0.39 is 15.2 Å². The topological polar surface area (TPSA) is 173 Å². The van der Waals surface area contributed by atoms with Gasteiger partial charge in [-0.3, -0.25) is 18.7 Å². The van der Waals surface area contributed by atoms with Gasteiger partial charge in [-0.2, -0.15) is 0 Å². The van der Waals surface area contributed by atoms with Crippen molar-refractivity contribution in [3.8, 4) is 0 Å². The van der Waals surface area contributed by atoms with Crippen LogP contribution >= 0.6 is 15.2 Å². The van der Waals surface area contributed by atoms with Gasteiger partial charge in [0, 0.05) is 24.2 Å². The van der Waals surface area contributed by atoms with Crippen LogP contribution in [0.2, 0.25) is 0 Å². The predicted octanol–water partition coefficient (Wildman–Crippen LogP) is 6.89. The first-order chi connectivity index (χ1) is 20.9. The highest BCUT2D eigenvalue weighted by Gasteiger charge is 2.17. The molecule has 2 aromatic rings. The normalized spacial score (nSPS) is 11.8. The van der Waals surface area contributed by atoms with E-state index in [-0.39, 0.29) is 22.4 Å². The van der Waals surface area contributed by atoms with Crippen molar-refractivity contribution in [2.75, 3.05) is 10.6 Å². The highest BCUT2D eigenvalue weighted by atomic mass is 31.2. The maximum absolute atomic E-state index is 12.1. The molecule has 0 unspecified atom stereocenters. The van der Waals surface area contributed by atoms with Crippen molar-refractivity contribution in [2.45, 2.75) is 116 Å². The van der Waals surface area contributed by atoms with E-state index in [0.29, 0.717) is 24.2 Å². The van der Waals surface area contributed by atoms with E-state index in [9.17, 15) is 18.7 Å². The zero-order chi connectivity index (χ0) is 32.3. The maximum atomic E-state index is 12.1. The first-order valence-electron chi connectivity index (χ1n) is 15.9. The van der Waals surface area contributed by atoms with E-state index in [1.165, 1.54) is 113 Å². The number of amides is 2. The second-order valence-corrected chi connectivity index (χ2v) is 14.6. The number of benzene rings is 2. The van der Waals surface area contributed by atoms with Gasteiger partial charge in [0.05, 0.1) is 10.6 Å². The smallest absolute Gasteiger partial charge is 0.326 e. The van der Waals surface area contributed by atoms with Crippen LogP contribution in [-0.2, 0) is 18.7 Å². The Hall–Kier alpha value is -2.32. The molecule has 0 heterocycles. The number of nitrogens with one attached hydrogen (secondary N) is 2. The molecule has 2 aromatic carbocycles. The van der Waals surface area contributed by atoms with Gasteiger partial charge < -0.3 is 30.2 Å². The van der Waals surface area contributed by atoms with Crippen LogP contribution in [0, 0.1) is 0 Å². The van der Waals surface area contributed by atoms with E-state index in [1.807, 2.05) is 0 Å². The standard InChI is InChI=1S/C32H50N2O8P2/c35-31(33-27-19-23-29(24-20-27)43(37,38)39)17-15-13-11-9-7-5-3-1-2-4-6-8-10-12-14-16-18-32(36)34-28-21-25-30(26-22-28)44(40,41)42/h19-26H,1-18H2,(H,33,35)(H,34,36)(H2,37,38,39)(H2,40,41,42). The van der Waals surface area contributed by atoms with E-state index in [4.69, 9.17) is 19.6 Å². The Morgan fingerprint density at radius 3 is 0.886 bits per heavy atom. The minimum absolute atomic E-state index is 0.0613. The first-order valence-corrected chi connectivity index (χ1v) is 19.1. The molecule has 0 bridgehead atoms. The number of unbranched alkanes of at least 4 members (excludes halogenated alkanes) is 15. The summed E-state index contributed by atoms with van der Waals surface area (Å²) in [5.74, 6) is -0.160. The van der Waals surface area contributed by atoms with Crippen molar-refractivity contribution in [2.24, 2.45) is 0 Å². The molecule has 0 fully saturated rings. The Bertz CT molecular complexity index is 1110. The molecule has 12 heteroatoms. The summed E-state index contributed by atoms with van der Waals surface area (Å²) in [4.78, 5) is 60.7. The van der Waals surface area contributed by atoms with Gasteiger partial charge in [0.1, 0.15) is 0 Å². The molecular formula is C32H50N2O8P2. The van der Waals surface area contributed by atoms with Crippen LogP contribution in [-0.4, -0.2) is 31.4 Å². The average molecular weight is 653 g/mol. The van der Waals surface area contributed by atoms with Gasteiger partial charge in [-0.1, -0.05) is 89.9 Å². The van der Waals surface area contributed by atoms with Crippen molar-refractivity contribution in [1.82, 2.24) is 0 Å². The summed E-state index contributed by atoms with van der Waals surface area (Å²) in [6.07, 6.45) is 19.4. The van der Waals surface area contributed by atoms with Gasteiger partial charge in [-0.15, -0.1) is 0 Å². The fraction of sp³-hybridized carbons (Fsp3) is 0.562. The minimum Gasteiger partial charge on any atom is -0.326 e. The molecule has 0 aliphatic rings. The first kappa shape index (κ1) is 37.9. The van der Waals surface area contributed by atoms with Crippen LogP contribution in [0.4, 0.5) is 11.4 Å². The Balaban J connectivity index is 1.32. The number of carbonyl (C=O) groups excluding carboxylic acids is 2. The Labute approximate surface area is 261 Å².